The lowest BCUT2D eigenvalue weighted by molar-refractivity contribution is -0.144. The molecule has 1 aliphatic heterocycles. The minimum absolute atomic E-state index is 0.157. The Bertz CT molecular complexity index is 444. The summed E-state index contributed by atoms with van der Waals surface area (Å²) in [7, 11) is 1.45. The third-order valence-corrected chi connectivity index (χ3v) is 3.63. The van der Waals surface area contributed by atoms with E-state index >= 15 is 0 Å². The van der Waals surface area contributed by atoms with Gasteiger partial charge < -0.3 is 9.47 Å². The van der Waals surface area contributed by atoms with Crippen molar-refractivity contribution in [2.75, 3.05) is 33.4 Å². The van der Waals surface area contributed by atoms with Gasteiger partial charge in [-0.25, -0.2) is 0 Å². The summed E-state index contributed by atoms with van der Waals surface area (Å²) in [6, 6.07) is 9.82. The van der Waals surface area contributed by atoms with Crippen LogP contribution in [0.15, 0.2) is 30.3 Å². The van der Waals surface area contributed by atoms with Gasteiger partial charge in [-0.05, 0) is 19.4 Å². The van der Waals surface area contributed by atoms with Crippen LogP contribution in [-0.4, -0.2) is 49.8 Å². The van der Waals surface area contributed by atoms with E-state index in [1.54, 1.807) is 0 Å². The van der Waals surface area contributed by atoms with Crippen molar-refractivity contribution >= 4 is 5.97 Å². The Morgan fingerprint density at radius 2 is 2.10 bits per heavy atom. The predicted octanol–water partition coefficient (Wildman–Crippen LogP) is 2.05. The lowest BCUT2D eigenvalue weighted by atomic mass is 9.97. The zero-order valence-electron chi connectivity index (χ0n) is 12.5. The second-order valence-electron chi connectivity index (χ2n) is 5.83. The van der Waals surface area contributed by atoms with Gasteiger partial charge in [-0.1, -0.05) is 30.3 Å². The van der Waals surface area contributed by atoms with Crippen molar-refractivity contribution in [1.29, 1.82) is 0 Å². The highest BCUT2D eigenvalue weighted by atomic mass is 16.5. The Hall–Kier alpha value is -1.39. The molecule has 1 unspecified atom stereocenters. The van der Waals surface area contributed by atoms with Crippen molar-refractivity contribution in [3.8, 4) is 0 Å². The van der Waals surface area contributed by atoms with Crippen LogP contribution >= 0.6 is 0 Å². The first-order valence-electron chi connectivity index (χ1n) is 7.01. The van der Waals surface area contributed by atoms with Crippen molar-refractivity contribution in [2.24, 2.45) is 0 Å². The fraction of sp³-hybridized carbons (Fsp3) is 0.562. The molecule has 0 aromatic heterocycles. The first-order chi connectivity index (χ1) is 9.52. The Morgan fingerprint density at radius 1 is 1.40 bits per heavy atom. The van der Waals surface area contributed by atoms with Crippen LogP contribution < -0.4 is 0 Å². The average molecular weight is 277 g/mol. The van der Waals surface area contributed by atoms with Crippen molar-refractivity contribution in [3.63, 3.8) is 0 Å². The van der Waals surface area contributed by atoms with E-state index in [-0.39, 0.29) is 17.5 Å². The molecular weight excluding hydrogens is 254 g/mol. The molecule has 0 saturated carbocycles. The van der Waals surface area contributed by atoms with E-state index in [0.717, 1.165) is 18.7 Å². The van der Waals surface area contributed by atoms with E-state index in [1.165, 1.54) is 7.11 Å². The van der Waals surface area contributed by atoms with Crippen molar-refractivity contribution < 1.29 is 14.3 Å². The van der Waals surface area contributed by atoms with Crippen LogP contribution in [0.1, 0.15) is 25.3 Å². The molecule has 0 amide bonds. The van der Waals surface area contributed by atoms with E-state index < -0.39 is 0 Å². The lowest BCUT2D eigenvalue weighted by Gasteiger charge is -2.39. The molecule has 1 aliphatic rings. The summed E-state index contributed by atoms with van der Waals surface area (Å²) in [5.74, 6) is -0.421. The van der Waals surface area contributed by atoms with Gasteiger partial charge in [0.25, 0.3) is 0 Å². The lowest BCUT2D eigenvalue weighted by Crippen LogP contribution is -2.49. The molecule has 20 heavy (non-hydrogen) atoms. The summed E-state index contributed by atoms with van der Waals surface area (Å²) in [5, 5.41) is 0. The number of morpholine rings is 1. The van der Waals surface area contributed by atoms with Crippen molar-refractivity contribution in [3.05, 3.63) is 35.9 Å². The molecule has 4 heteroatoms. The summed E-state index contributed by atoms with van der Waals surface area (Å²) in [6.07, 6.45) is 0. The van der Waals surface area contributed by atoms with Crippen molar-refractivity contribution in [2.45, 2.75) is 25.4 Å². The van der Waals surface area contributed by atoms with Gasteiger partial charge in [0.15, 0.2) is 0 Å². The minimum Gasteiger partial charge on any atom is -0.469 e. The normalized spacial score (nSPS) is 20.4. The Balaban J connectivity index is 2.11. The number of benzene rings is 1. The summed E-state index contributed by atoms with van der Waals surface area (Å²) in [5.41, 5.74) is 0.846. The molecule has 1 aromatic rings. The van der Waals surface area contributed by atoms with Crippen LogP contribution in [0.25, 0.3) is 0 Å². The van der Waals surface area contributed by atoms with Crippen LogP contribution in [-0.2, 0) is 14.3 Å². The summed E-state index contributed by atoms with van der Waals surface area (Å²) in [4.78, 5) is 14.3. The Kier molecular flexibility index (Phi) is 4.78. The van der Waals surface area contributed by atoms with Gasteiger partial charge in [0, 0.05) is 19.6 Å². The molecule has 0 N–H and O–H groups in total. The van der Waals surface area contributed by atoms with E-state index in [4.69, 9.17) is 9.47 Å². The topological polar surface area (TPSA) is 38.8 Å². The van der Waals surface area contributed by atoms with Gasteiger partial charge in [0.1, 0.15) is 0 Å². The first kappa shape index (κ1) is 15.0. The maximum absolute atomic E-state index is 12.1. The largest absolute Gasteiger partial charge is 0.469 e. The zero-order chi connectivity index (χ0) is 14.6. The second kappa shape index (κ2) is 6.37. The number of hydrogen-bond donors (Lipinski definition) is 0. The van der Waals surface area contributed by atoms with Crippen LogP contribution in [0.4, 0.5) is 0 Å². The number of ether oxygens (including phenoxy) is 2. The standard InChI is InChI=1S/C16H23NO3/c1-16(2)12-17(9-10-20-16)11-14(15(18)19-3)13-7-5-4-6-8-13/h4-8,14H,9-12H2,1-3H3. The van der Waals surface area contributed by atoms with Gasteiger partial charge in [-0.15, -0.1) is 0 Å². The summed E-state index contributed by atoms with van der Waals surface area (Å²) < 4.78 is 10.7. The van der Waals surface area contributed by atoms with E-state index in [9.17, 15) is 4.79 Å². The van der Waals surface area contributed by atoms with E-state index in [2.05, 4.69) is 18.7 Å². The molecule has 1 aromatic carbocycles. The van der Waals surface area contributed by atoms with Crippen molar-refractivity contribution in [1.82, 2.24) is 4.90 Å². The molecule has 0 radical (unpaired) electrons. The summed E-state index contributed by atoms with van der Waals surface area (Å²) in [6.45, 7) is 7.21. The zero-order valence-corrected chi connectivity index (χ0v) is 12.5. The van der Waals surface area contributed by atoms with Gasteiger partial charge in [-0.3, -0.25) is 9.69 Å². The summed E-state index contributed by atoms with van der Waals surface area (Å²) >= 11 is 0. The highest BCUT2D eigenvalue weighted by Gasteiger charge is 2.31. The van der Waals surface area contributed by atoms with Crippen LogP contribution in [0.3, 0.4) is 0 Å². The molecule has 110 valence electrons. The third kappa shape index (κ3) is 3.81. The van der Waals surface area contributed by atoms with Gasteiger partial charge >= 0.3 is 5.97 Å². The second-order valence-corrected chi connectivity index (χ2v) is 5.83. The maximum Gasteiger partial charge on any atom is 0.314 e. The SMILES string of the molecule is COC(=O)C(CN1CCOC(C)(C)C1)c1ccccc1. The fourth-order valence-corrected chi connectivity index (χ4v) is 2.67. The molecule has 2 rings (SSSR count). The Labute approximate surface area is 120 Å². The third-order valence-electron chi connectivity index (χ3n) is 3.63. The smallest absolute Gasteiger partial charge is 0.314 e. The molecular formula is C16H23NO3. The fourth-order valence-electron chi connectivity index (χ4n) is 2.67. The van der Waals surface area contributed by atoms with Crippen LogP contribution in [0, 0.1) is 0 Å². The monoisotopic (exact) mass is 277 g/mol. The number of rotatable bonds is 4. The van der Waals surface area contributed by atoms with E-state index in [1.807, 2.05) is 30.3 Å². The number of carbonyl (C=O) groups is 1. The van der Waals surface area contributed by atoms with Crippen LogP contribution in [0.2, 0.25) is 0 Å². The molecule has 1 atom stereocenters. The first-order valence-corrected chi connectivity index (χ1v) is 7.01. The van der Waals surface area contributed by atoms with Gasteiger partial charge in [-0.2, -0.15) is 0 Å². The molecule has 0 spiro atoms. The number of methoxy groups -OCH3 is 1. The molecule has 4 nitrogen and oxygen atoms in total. The number of esters is 1. The average Bonchev–Trinajstić information content (AvgIpc) is 2.44. The van der Waals surface area contributed by atoms with Gasteiger partial charge in [0.2, 0.25) is 0 Å². The van der Waals surface area contributed by atoms with Crippen LogP contribution in [0.5, 0.6) is 0 Å². The molecule has 1 saturated heterocycles. The van der Waals surface area contributed by atoms with E-state index in [0.29, 0.717) is 13.2 Å². The Morgan fingerprint density at radius 3 is 2.70 bits per heavy atom. The quantitative estimate of drug-likeness (QED) is 0.790. The number of nitrogens with zero attached hydrogens (tertiary/aromatic N) is 1. The molecule has 1 heterocycles. The molecule has 0 bridgehead atoms. The molecule has 0 aliphatic carbocycles. The highest BCUT2D eigenvalue weighted by molar-refractivity contribution is 5.78. The molecule has 1 fully saturated rings. The maximum atomic E-state index is 12.1. The predicted molar refractivity (Wildman–Crippen MR) is 77.7 cm³/mol. The number of carbonyl (C=O) groups excluding carboxylic acids is 1. The minimum atomic E-state index is -0.241. The highest BCUT2D eigenvalue weighted by Crippen LogP contribution is 2.22. The van der Waals surface area contributed by atoms with Gasteiger partial charge in [0.05, 0.1) is 25.2 Å². The number of hydrogen-bond acceptors (Lipinski definition) is 4.